The number of aryl methyl sites for hydroxylation is 1. The fourth-order valence-electron chi connectivity index (χ4n) is 4.00. The van der Waals surface area contributed by atoms with Gasteiger partial charge in [0, 0.05) is 46.0 Å². The second-order valence-corrected chi connectivity index (χ2v) is 11.7. The van der Waals surface area contributed by atoms with Gasteiger partial charge in [-0.15, -0.1) is 0 Å². The topological polar surface area (TPSA) is 98.8 Å². The Balaban J connectivity index is 1.62. The highest BCUT2D eigenvalue weighted by atomic mass is 32.2. The minimum atomic E-state index is -3.72. The van der Waals surface area contributed by atoms with Crippen LogP contribution in [-0.2, 0) is 32.6 Å². The molecule has 3 aromatic carbocycles. The Kier molecular flexibility index (Phi) is 10.7. The van der Waals surface area contributed by atoms with Crippen molar-refractivity contribution in [1.82, 2.24) is 14.9 Å². The Bertz CT molecular complexity index is 1330. The molecule has 208 valence electrons. The molecule has 0 fully saturated rings. The van der Waals surface area contributed by atoms with Crippen molar-refractivity contribution in [2.24, 2.45) is 5.92 Å². The molecule has 0 aliphatic carbocycles. The SMILES string of the molecule is Cc1ccc(S(=O)(=O)NCCN(CC(C)C(=O)NCc2ccc(N(C)C)cc2)C(=O)Cc2ccccc2)cc1. The van der Waals surface area contributed by atoms with E-state index < -0.39 is 15.9 Å². The van der Waals surface area contributed by atoms with E-state index in [9.17, 15) is 18.0 Å². The smallest absolute Gasteiger partial charge is 0.240 e. The third-order valence-electron chi connectivity index (χ3n) is 6.42. The largest absolute Gasteiger partial charge is 0.378 e. The zero-order chi connectivity index (χ0) is 28.4. The number of carbonyl (C=O) groups excluding carboxylic acids is 2. The normalized spacial score (nSPS) is 12.0. The molecule has 0 aliphatic heterocycles. The van der Waals surface area contributed by atoms with Crippen LogP contribution in [0.3, 0.4) is 0 Å². The van der Waals surface area contributed by atoms with E-state index in [2.05, 4.69) is 10.0 Å². The predicted octanol–water partition coefficient (Wildman–Crippen LogP) is 3.36. The van der Waals surface area contributed by atoms with Gasteiger partial charge in [0.25, 0.3) is 0 Å². The van der Waals surface area contributed by atoms with Crippen molar-refractivity contribution in [3.8, 4) is 0 Å². The van der Waals surface area contributed by atoms with E-state index >= 15 is 0 Å². The number of benzene rings is 3. The summed E-state index contributed by atoms with van der Waals surface area (Å²) >= 11 is 0. The van der Waals surface area contributed by atoms with Crippen LogP contribution in [0.15, 0.2) is 83.8 Å². The monoisotopic (exact) mass is 550 g/mol. The van der Waals surface area contributed by atoms with Crippen molar-refractivity contribution in [3.63, 3.8) is 0 Å². The number of hydrogen-bond acceptors (Lipinski definition) is 5. The minimum Gasteiger partial charge on any atom is -0.378 e. The van der Waals surface area contributed by atoms with Crippen molar-refractivity contribution in [2.75, 3.05) is 38.6 Å². The van der Waals surface area contributed by atoms with Crippen LogP contribution in [-0.4, -0.2) is 58.9 Å². The molecule has 0 aromatic heterocycles. The number of sulfonamides is 1. The summed E-state index contributed by atoms with van der Waals surface area (Å²) in [5, 5.41) is 2.95. The summed E-state index contributed by atoms with van der Waals surface area (Å²) in [4.78, 5) is 29.8. The first-order valence-corrected chi connectivity index (χ1v) is 14.5. The summed E-state index contributed by atoms with van der Waals surface area (Å²) in [5.41, 5.74) is 3.86. The third-order valence-corrected chi connectivity index (χ3v) is 7.89. The van der Waals surface area contributed by atoms with Crippen LogP contribution in [0.25, 0.3) is 0 Å². The maximum atomic E-state index is 13.2. The lowest BCUT2D eigenvalue weighted by atomic mass is 10.1. The molecule has 0 bridgehead atoms. The van der Waals surface area contributed by atoms with Gasteiger partial charge in [-0.3, -0.25) is 9.59 Å². The highest BCUT2D eigenvalue weighted by molar-refractivity contribution is 7.89. The number of hydrogen-bond donors (Lipinski definition) is 2. The van der Waals surface area contributed by atoms with Gasteiger partial charge in [-0.05, 0) is 42.3 Å². The molecule has 2 N–H and O–H groups in total. The van der Waals surface area contributed by atoms with Gasteiger partial charge in [-0.1, -0.05) is 67.1 Å². The van der Waals surface area contributed by atoms with Crippen LogP contribution in [0.1, 0.15) is 23.6 Å². The third kappa shape index (κ3) is 9.23. The summed E-state index contributed by atoms with van der Waals surface area (Å²) in [7, 11) is 0.218. The predicted molar refractivity (Wildman–Crippen MR) is 155 cm³/mol. The van der Waals surface area contributed by atoms with Crippen molar-refractivity contribution < 1.29 is 18.0 Å². The minimum absolute atomic E-state index is 0.0311. The second kappa shape index (κ2) is 13.9. The second-order valence-electron chi connectivity index (χ2n) is 9.89. The van der Waals surface area contributed by atoms with Crippen LogP contribution in [0.2, 0.25) is 0 Å². The molecule has 9 heteroatoms. The fourth-order valence-corrected chi connectivity index (χ4v) is 5.03. The Hall–Kier alpha value is -3.69. The molecule has 39 heavy (non-hydrogen) atoms. The van der Waals surface area contributed by atoms with Crippen LogP contribution in [0.5, 0.6) is 0 Å². The zero-order valence-electron chi connectivity index (χ0n) is 23.1. The van der Waals surface area contributed by atoms with Crippen molar-refractivity contribution in [1.29, 1.82) is 0 Å². The van der Waals surface area contributed by atoms with E-state index in [1.54, 1.807) is 36.1 Å². The number of rotatable bonds is 13. The van der Waals surface area contributed by atoms with E-state index in [4.69, 9.17) is 0 Å². The fraction of sp³-hybridized carbons (Fsp3) is 0.333. The van der Waals surface area contributed by atoms with Crippen molar-refractivity contribution >= 4 is 27.5 Å². The first-order valence-electron chi connectivity index (χ1n) is 13.0. The van der Waals surface area contributed by atoms with Gasteiger partial charge in [-0.2, -0.15) is 0 Å². The van der Waals surface area contributed by atoms with E-state index in [0.717, 1.165) is 22.4 Å². The molecule has 2 amide bonds. The summed E-state index contributed by atoms with van der Waals surface area (Å²) in [6, 6.07) is 23.8. The Morgan fingerprint density at radius 2 is 1.51 bits per heavy atom. The van der Waals surface area contributed by atoms with Gasteiger partial charge in [0.2, 0.25) is 21.8 Å². The molecule has 0 saturated carbocycles. The standard InChI is InChI=1S/C30H38N4O4S/c1-23-10-16-28(17-11-23)39(37,38)32-18-19-34(29(35)20-25-8-6-5-7-9-25)22-24(2)30(36)31-21-26-12-14-27(15-13-26)33(3)4/h5-17,24,32H,18-22H2,1-4H3,(H,31,36). The molecule has 0 spiro atoms. The maximum absolute atomic E-state index is 13.2. The summed E-state index contributed by atoms with van der Waals surface area (Å²) in [5.74, 6) is -0.835. The molecule has 1 atom stereocenters. The molecular weight excluding hydrogens is 512 g/mol. The molecule has 0 radical (unpaired) electrons. The Morgan fingerprint density at radius 3 is 2.13 bits per heavy atom. The number of amides is 2. The lowest BCUT2D eigenvalue weighted by molar-refractivity contribution is -0.132. The average molecular weight is 551 g/mol. The number of nitrogens with zero attached hydrogens (tertiary/aromatic N) is 2. The van der Waals surface area contributed by atoms with Gasteiger partial charge in [0.15, 0.2) is 0 Å². The van der Waals surface area contributed by atoms with Gasteiger partial charge in [0.1, 0.15) is 0 Å². The zero-order valence-corrected chi connectivity index (χ0v) is 23.9. The van der Waals surface area contributed by atoms with Crippen molar-refractivity contribution in [3.05, 3.63) is 95.6 Å². The quantitative estimate of drug-likeness (QED) is 0.340. The Morgan fingerprint density at radius 1 is 0.872 bits per heavy atom. The van der Waals surface area contributed by atoms with E-state index in [1.807, 2.05) is 80.5 Å². The lowest BCUT2D eigenvalue weighted by Gasteiger charge is -2.26. The van der Waals surface area contributed by atoms with Crippen LogP contribution < -0.4 is 14.9 Å². The Labute approximate surface area is 232 Å². The maximum Gasteiger partial charge on any atom is 0.240 e. The number of anilines is 1. The molecular formula is C30H38N4O4S. The number of nitrogens with one attached hydrogen (secondary N) is 2. The average Bonchev–Trinajstić information content (AvgIpc) is 2.92. The van der Waals surface area contributed by atoms with Crippen LogP contribution >= 0.6 is 0 Å². The molecule has 1 unspecified atom stereocenters. The molecule has 3 rings (SSSR count). The molecule has 3 aromatic rings. The summed E-state index contributed by atoms with van der Waals surface area (Å²) in [6.45, 7) is 4.38. The molecule has 0 aliphatic rings. The lowest BCUT2D eigenvalue weighted by Crippen LogP contribution is -2.44. The molecule has 0 saturated heterocycles. The molecule has 0 heterocycles. The van der Waals surface area contributed by atoms with E-state index in [1.165, 1.54) is 0 Å². The van der Waals surface area contributed by atoms with Gasteiger partial charge < -0.3 is 15.1 Å². The van der Waals surface area contributed by atoms with Gasteiger partial charge in [0.05, 0.1) is 17.2 Å². The first kappa shape index (κ1) is 29.9. The van der Waals surface area contributed by atoms with Crippen LogP contribution in [0, 0.1) is 12.8 Å². The van der Waals surface area contributed by atoms with Crippen LogP contribution in [0.4, 0.5) is 5.69 Å². The summed E-state index contributed by atoms with van der Waals surface area (Å²) < 4.78 is 28.0. The highest BCUT2D eigenvalue weighted by Crippen LogP contribution is 2.13. The summed E-state index contributed by atoms with van der Waals surface area (Å²) in [6.07, 6.45) is 0.165. The first-order chi connectivity index (χ1) is 18.5. The molecule has 8 nitrogen and oxygen atoms in total. The number of carbonyl (C=O) groups is 2. The van der Waals surface area contributed by atoms with Crippen molar-refractivity contribution in [2.45, 2.75) is 31.7 Å². The van der Waals surface area contributed by atoms with Gasteiger partial charge >= 0.3 is 0 Å². The van der Waals surface area contributed by atoms with Gasteiger partial charge in [-0.25, -0.2) is 13.1 Å². The van der Waals surface area contributed by atoms with E-state index in [-0.39, 0.29) is 42.8 Å². The highest BCUT2D eigenvalue weighted by Gasteiger charge is 2.22. The van der Waals surface area contributed by atoms with E-state index in [0.29, 0.717) is 6.54 Å².